The van der Waals surface area contributed by atoms with Gasteiger partial charge in [0.25, 0.3) is 0 Å². The topological polar surface area (TPSA) is 45.1 Å². The lowest BCUT2D eigenvalue weighted by Gasteiger charge is -2.13. The maximum Gasteiger partial charge on any atom is 0.115 e. The summed E-state index contributed by atoms with van der Waals surface area (Å²) < 4.78 is 0. The van der Waals surface area contributed by atoms with Gasteiger partial charge in [0.2, 0.25) is 0 Å². The Hall–Kier alpha value is -1.87. The van der Waals surface area contributed by atoms with E-state index in [1.54, 1.807) is 12.1 Å². The van der Waals surface area contributed by atoms with Crippen LogP contribution in [0, 0.1) is 6.92 Å². The Morgan fingerprint density at radius 1 is 1.16 bits per heavy atom. The van der Waals surface area contributed by atoms with Crippen molar-refractivity contribution in [3.8, 4) is 5.75 Å². The van der Waals surface area contributed by atoms with E-state index in [1.807, 2.05) is 25.3 Å². The zero-order valence-corrected chi connectivity index (χ0v) is 11.4. The van der Waals surface area contributed by atoms with Gasteiger partial charge in [-0.25, -0.2) is 0 Å². The molecule has 2 rings (SSSR count). The zero-order chi connectivity index (χ0) is 13.7. The predicted octanol–water partition coefficient (Wildman–Crippen LogP) is 2.99. The van der Waals surface area contributed by atoms with Crippen molar-refractivity contribution in [2.75, 3.05) is 6.54 Å². The molecule has 2 aromatic rings. The number of hydrogen-bond acceptors (Lipinski definition) is 3. The first-order valence-corrected chi connectivity index (χ1v) is 6.59. The van der Waals surface area contributed by atoms with Gasteiger partial charge in [0, 0.05) is 12.2 Å². The Morgan fingerprint density at radius 2 is 1.89 bits per heavy atom. The van der Waals surface area contributed by atoms with Gasteiger partial charge in [0.15, 0.2) is 0 Å². The second-order valence-corrected chi connectivity index (χ2v) is 4.85. The van der Waals surface area contributed by atoms with Crippen molar-refractivity contribution in [2.45, 2.75) is 26.3 Å². The van der Waals surface area contributed by atoms with Gasteiger partial charge in [-0.2, -0.15) is 0 Å². The summed E-state index contributed by atoms with van der Waals surface area (Å²) in [4.78, 5) is 4.42. The van der Waals surface area contributed by atoms with E-state index >= 15 is 0 Å². The van der Waals surface area contributed by atoms with Crippen LogP contribution in [0.25, 0.3) is 0 Å². The standard InChI is InChI=1S/C16H20N2O/c1-12-3-8-16(18-11-12)13(2)17-10-9-14-4-6-15(19)7-5-14/h3-8,11,13,17,19H,9-10H2,1-2H3. The van der Waals surface area contributed by atoms with Crippen molar-refractivity contribution < 1.29 is 5.11 Å². The highest BCUT2D eigenvalue weighted by atomic mass is 16.3. The van der Waals surface area contributed by atoms with E-state index in [0.717, 1.165) is 18.7 Å². The summed E-state index contributed by atoms with van der Waals surface area (Å²) in [7, 11) is 0. The average Bonchev–Trinajstić information content (AvgIpc) is 2.41. The summed E-state index contributed by atoms with van der Waals surface area (Å²) in [5.74, 6) is 0.314. The normalized spacial score (nSPS) is 12.3. The van der Waals surface area contributed by atoms with Crippen molar-refractivity contribution in [1.82, 2.24) is 10.3 Å². The Bertz CT molecular complexity index is 505. The number of aromatic nitrogens is 1. The largest absolute Gasteiger partial charge is 0.508 e. The molecule has 2 N–H and O–H groups in total. The summed E-state index contributed by atoms with van der Waals surface area (Å²) in [6.07, 6.45) is 2.84. The number of phenols is 1. The molecule has 1 heterocycles. The van der Waals surface area contributed by atoms with E-state index in [0.29, 0.717) is 5.75 Å². The van der Waals surface area contributed by atoms with E-state index in [4.69, 9.17) is 0 Å². The number of aromatic hydroxyl groups is 1. The van der Waals surface area contributed by atoms with Crippen LogP contribution < -0.4 is 5.32 Å². The van der Waals surface area contributed by atoms with Crippen molar-refractivity contribution in [1.29, 1.82) is 0 Å². The van der Waals surface area contributed by atoms with Gasteiger partial charge in [-0.15, -0.1) is 0 Å². The third-order valence-corrected chi connectivity index (χ3v) is 3.18. The molecule has 1 aromatic heterocycles. The molecule has 1 aromatic carbocycles. The average molecular weight is 256 g/mol. The lowest BCUT2D eigenvalue weighted by molar-refractivity contribution is 0.475. The van der Waals surface area contributed by atoms with Gasteiger partial charge < -0.3 is 10.4 Å². The second-order valence-electron chi connectivity index (χ2n) is 4.85. The summed E-state index contributed by atoms with van der Waals surface area (Å²) >= 11 is 0. The molecule has 19 heavy (non-hydrogen) atoms. The van der Waals surface area contributed by atoms with Crippen molar-refractivity contribution in [3.05, 3.63) is 59.4 Å². The van der Waals surface area contributed by atoms with Crippen molar-refractivity contribution in [3.63, 3.8) is 0 Å². The molecule has 0 aliphatic heterocycles. The molecule has 0 aliphatic carbocycles. The minimum Gasteiger partial charge on any atom is -0.508 e. The fourth-order valence-corrected chi connectivity index (χ4v) is 1.94. The highest BCUT2D eigenvalue weighted by Gasteiger charge is 2.05. The summed E-state index contributed by atoms with van der Waals surface area (Å²) in [5.41, 5.74) is 3.46. The van der Waals surface area contributed by atoms with Crippen LogP contribution in [0.15, 0.2) is 42.6 Å². The quantitative estimate of drug-likeness (QED) is 0.864. The van der Waals surface area contributed by atoms with E-state index in [2.05, 4.69) is 29.4 Å². The first-order valence-electron chi connectivity index (χ1n) is 6.59. The van der Waals surface area contributed by atoms with Crippen LogP contribution in [-0.2, 0) is 6.42 Å². The van der Waals surface area contributed by atoms with Crippen LogP contribution in [-0.4, -0.2) is 16.6 Å². The van der Waals surface area contributed by atoms with Gasteiger partial charge in [-0.3, -0.25) is 4.98 Å². The van der Waals surface area contributed by atoms with Gasteiger partial charge in [-0.05, 0) is 56.1 Å². The predicted molar refractivity (Wildman–Crippen MR) is 77.2 cm³/mol. The van der Waals surface area contributed by atoms with Gasteiger partial charge in [0.1, 0.15) is 5.75 Å². The molecule has 0 saturated heterocycles. The van der Waals surface area contributed by atoms with E-state index in [9.17, 15) is 5.11 Å². The minimum atomic E-state index is 0.248. The second kappa shape index (κ2) is 6.34. The third-order valence-electron chi connectivity index (χ3n) is 3.18. The summed E-state index contributed by atoms with van der Waals surface area (Å²) in [6.45, 7) is 5.05. The number of nitrogens with one attached hydrogen (secondary N) is 1. The highest BCUT2D eigenvalue weighted by Crippen LogP contribution is 2.11. The molecule has 0 amide bonds. The molecular weight excluding hydrogens is 236 g/mol. The fourth-order valence-electron chi connectivity index (χ4n) is 1.94. The lowest BCUT2D eigenvalue weighted by atomic mass is 10.1. The fraction of sp³-hybridized carbons (Fsp3) is 0.312. The minimum absolute atomic E-state index is 0.248. The van der Waals surface area contributed by atoms with Crippen LogP contribution in [0.5, 0.6) is 5.75 Å². The third kappa shape index (κ3) is 4.07. The molecular formula is C16H20N2O. The van der Waals surface area contributed by atoms with Gasteiger partial charge >= 0.3 is 0 Å². The van der Waals surface area contributed by atoms with Gasteiger partial charge in [-0.1, -0.05) is 18.2 Å². The van der Waals surface area contributed by atoms with Crippen molar-refractivity contribution >= 4 is 0 Å². The van der Waals surface area contributed by atoms with E-state index in [-0.39, 0.29) is 6.04 Å². The Morgan fingerprint density at radius 3 is 2.53 bits per heavy atom. The molecule has 3 nitrogen and oxygen atoms in total. The zero-order valence-electron chi connectivity index (χ0n) is 11.4. The monoisotopic (exact) mass is 256 g/mol. The molecule has 1 atom stereocenters. The highest BCUT2D eigenvalue weighted by molar-refractivity contribution is 5.26. The first-order chi connectivity index (χ1) is 9.15. The van der Waals surface area contributed by atoms with Gasteiger partial charge in [0.05, 0.1) is 5.69 Å². The van der Waals surface area contributed by atoms with E-state index in [1.165, 1.54) is 11.1 Å². The molecule has 100 valence electrons. The summed E-state index contributed by atoms with van der Waals surface area (Å²) in [6, 6.07) is 11.7. The molecule has 0 fully saturated rings. The van der Waals surface area contributed by atoms with Crippen LogP contribution in [0.2, 0.25) is 0 Å². The number of pyridine rings is 1. The Balaban J connectivity index is 1.82. The number of benzene rings is 1. The maximum absolute atomic E-state index is 9.22. The van der Waals surface area contributed by atoms with E-state index < -0.39 is 0 Å². The van der Waals surface area contributed by atoms with Crippen molar-refractivity contribution in [2.24, 2.45) is 0 Å². The molecule has 0 radical (unpaired) electrons. The molecule has 0 aliphatic rings. The van der Waals surface area contributed by atoms with Crippen LogP contribution >= 0.6 is 0 Å². The first kappa shape index (κ1) is 13.6. The smallest absolute Gasteiger partial charge is 0.115 e. The molecule has 3 heteroatoms. The molecule has 1 unspecified atom stereocenters. The number of nitrogens with zero attached hydrogens (tertiary/aromatic N) is 1. The number of hydrogen-bond donors (Lipinski definition) is 2. The SMILES string of the molecule is Cc1ccc(C(C)NCCc2ccc(O)cc2)nc1. The maximum atomic E-state index is 9.22. The van der Waals surface area contributed by atoms with Crippen LogP contribution in [0.1, 0.15) is 29.8 Å². The van der Waals surface area contributed by atoms with Crippen LogP contribution in [0.4, 0.5) is 0 Å². The molecule has 0 bridgehead atoms. The molecule has 0 saturated carbocycles. The Kier molecular flexibility index (Phi) is 4.53. The lowest BCUT2D eigenvalue weighted by Crippen LogP contribution is -2.22. The van der Waals surface area contributed by atoms with Crippen LogP contribution in [0.3, 0.4) is 0 Å². The number of phenolic OH excluding ortho intramolecular Hbond substituents is 1. The number of rotatable bonds is 5. The summed E-state index contributed by atoms with van der Waals surface area (Å²) in [5, 5.41) is 12.7. The Labute approximate surface area is 114 Å². The number of aryl methyl sites for hydroxylation is 1. The molecule has 0 spiro atoms.